The molecule has 1 aromatic heterocycles. The molecular formula is C22H33N3O3. The van der Waals surface area contributed by atoms with Gasteiger partial charge in [-0.15, -0.1) is 0 Å². The van der Waals surface area contributed by atoms with E-state index < -0.39 is 0 Å². The van der Waals surface area contributed by atoms with E-state index in [-0.39, 0.29) is 29.3 Å². The fraction of sp³-hybridized carbons (Fsp3) is 0.773. The van der Waals surface area contributed by atoms with Gasteiger partial charge in [0.25, 0.3) is 5.91 Å². The Bertz CT molecular complexity index is 718. The lowest BCUT2D eigenvalue weighted by molar-refractivity contribution is -0.137. The second kappa shape index (κ2) is 7.88. The van der Waals surface area contributed by atoms with E-state index in [1.165, 1.54) is 32.1 Å². The number of amides is 2. The summed E-state index contributed by atoms with van der Waals surface area (Å²) in [5, 5.41) is 7.01. The highest BCUT2D eigenvalue weighted by Gasteiger charge is 2.35. The molecule has 1 aromatic rings. The molecular weight excluding hydrogens is 354 g/mol. The van der Waals surface area contributed by atoms with Gasteiger partial charge in [-0.05, 0) is 50.9 Å². The monoisotopic (exact) mass is 387 g/mol. The highest BCUT2D eigenvalue weighted by molar-refractivity contribution is 5.92. The Balaban J connectivity index is 1.28. The average molecular weight is 388 g/mol. The molecule has 1 unspecified atom stereocenters. The molecule has 0 aromatic carbocycles. The van der Waals surface area contributed by atoms with Gasteiger partial charge in [-0.3, -0.25) is 9.59 Å². The molecule has 6 nitrogen and oxygen atoms in total. The molecule has 0 spiro atoms. The molecule has 2 heterocycles. The van der Waals surface area contributed by atoms with Crippen molar-refractivity contribution in [3.05, 3.63) is 17.5 Å². The number of piperidine rings is 1. The van der Waals surface area contributed by atoms with Crippen LogP contribution < -0.4 is 5.32 Å². The Morgan fingerprint density at radius 3 is 2.68 bits per heavy atom. The van der Waals surface area contributed by atoms with Crippen LogP contribution in [0.5, 0.6) is 0 Å². The van der Waals surface area contributed by atoms with Crippen LogP contribution in [0.25, 0.3) is 0 Å². The van der Waals surface area contributed by atoms with Crippen LogP contribution >= 0.6 is 0 Å². The van der Waals surface area contributed by atoms with E-state index >= 15 is 0 Å². The van der Waals surface area contributed by atoms with E-state index in [2.05, 4.69) is 24.3 Å². The standard InChI is InChI=1S/C22H33N3O3/c1-15-12-17(23-21(27)18-13-19(28-24-18)16-6-7-16)8-11-25(15)20(26)14-22(2)9-4-3-5-10-22/h13,15-17H,3-12,14H2,1-2H3,(H,23,27)/t15-,17?/m1/s1. The minimum atomic E-state index is -0.164. The summed E-state index contributed by atoms with van der Waals surface area (Å²) >= 11 is 0. The zero-order valence-corrected chi connectivity index (χ0v) is 17.2. The summed E-state index contributed by atoms with van der Waals surface area (Å²) in [4.78, 5) is 27.4. The highest BCUT2D eigenvalue weighted by atomic mass is 16.5. The van der Waals surface area contributed by atoms with E-state index in [0.717, 1.165) is 31.4 Å². The number of nitrogens with zero attached hydrogens (tertiary/aromatic N) is 2. The Kier molecular flexibility index (Phi) is 5.48. The fourth-order valence-electron chi connectivity index (χ4n) is 4.94. The topological polar surface area (TPSA) is 75.4 Å². The number of carbonyl (C=O) groups is 2. The minimum Gasteiger partial charge on any atom is -0.360 e. The first-order valence-corrected chi connectivity index (χ1v) is 11.0. The van der Waals surface area contributed by atoms with E-state index in [4.69, 9.17) is 4.52 Å². The normalized spacial score (nSPS) is 27.4. The predicted molar refractivity (Wildman–Crippen MR) is 106 cm³/mol. The summed E-state index contributed by atoms with van der Waals surface area (Å²) in [5.74, 6) is 1.40. The Labute approximate surface area is 167 Å². The van der Waals surface area contributed by atoms with Crippen LogP contribution in [-0.4, -0.2) is 40.5 Å². The predicted octanol–water partition coefficient (Wildman–Crippen LogP) is 4.02. The first-order valence-electron chi connectivity index (χ1n) is 11.0. The van der Waals surface area contributed by atoms with Crippen molar-refractivity contribution in [1.29, 1.82) is 0 Å². The van der Waals surface area contributed by atoms with Crippen LogP contribution in [-0.2, 0) is 4.79 Å². The van der Waals surface area contributed by atoms with Crippen LogP contribution in [0, 0.1) is 5.41 Å². The number of likely N-dealkylation sites (tertiary alicyclic amines) is 1. The molecule has 0 radical (unpaired) electrons. The maximum atomic E-state index is 12.9. The van der Waals surface area contributed by atoms with Gasteiger partial charge in [0.1, 0.15) is 5.76 Å². The van der Waals surface area contributed by atoms with Crippen molar-refractivity contribution in [2.24, 2.45) is 5.41 Å². The lowest BCUT2D eigenvalue weighted by atomic mass is 9.73. The zero-order valence-electron chi connectivity index (χ0n) is 17.2. The van der Waals surface area contributed by atoms with Gasteiger partial charge in [0.05, 0.1) is 0 Å². The Morgan fingerprint density at radius 1 is 1.25 bits per heavy atom. The maximum absolute atomic E-state index is 12.9. The van der Waals surface area contributed by atoms with Crippen LogP contribution in [0.15, 0.2) is 10.6 Å². The summed E-state index contributed by atoms with van der Waals surface area (Å²) in [6, 6.07) is 2.01. The molecule has 2 saturated carbocycles. The minimum absolute atomic E-state index is 0.0814. The van der Waals surface area contributed by atoms with Gasteiger partial charge < -0.3 is 14.7 Å². The number of hydrogen-bond acceptors (Lipinski definition) is 4. The van der Waals surface area contributed by atoms with Crippen molar-refractivity contribution in [1.82, 2.24) is 15.4 Å². The van der Waals surface area contributed by atoms with E-state index in [0.29, 0.717) is 24.6 Å². The molecule has 2 atom stereocenters. The number of carbonyl (C=O) groups excluding carboxylic acids is 2. The van der Waals surface area contributed by atoms with Crippen LogP contribution in [0.1, 0.15) is 100 Å². The van der Waals surface area contributed by atoms with E-state index in [1.54, 1.807) is 6.07 Å². The summed E-state index contributed by atoms with van der Waals surface area (Å²) < 4.78 is 5.29. The van der Waals surface area contributed by atoms with Crippen LogP contribution in [0.4, 0.5) is 0 Å². The highest BCUT2D eigenvalue weighted by Crippen LogP contribution is 2.40. The fourth-order valence-corrected chi connectivity index (χ4v) is 4.94. The van der Waals surface area contributed by atoms with E-state index in [1.807, 2.05) is 4.90 Å². The molecule has 1 N–H and O–H groups in total. The number of hydrogen-bond donors (Lipinski definition) is 1. The third kappa shape index (κ3) is 4.41. The molecule has 154 valence electrons. The lowest BCUT2D eigenvalue weighted by Crippen LogP contribution is -2.51. The smallest absolute Gasteiger partial charge is 0.273 e. The van der Waals surface area contributed by atoms with Crippen LogP contribution in [0.3, 0.4) is 0 Å². The van der Waals surface area contributed by atoms with Gasteiger partial charge in [0.2, 0.25) is 5.91 Å². The van der Waals surface area contributed by atoms with Crippen molar-refractivity contribution in [3.63, 3.8) is 0 Å². The quantitative estimate of drug-likeness (QED) is 0.828. The number of aromatic nitrogens is 1. The first kappa shape index (κ1) is 19.5. The van der Waals surface area contributed by atoms with Gasteiger partial charge in [-0.25, -0.2) is 0 Å². The molecule has 1 aliphatic heterocycles. The molecule has 2 amide bonds. The molecule has 2 aliphatic carbocycles. The molecule has 28 heavy (non-hydrogen) atoms. The molecule has 0 bridgehead atoms. The summed E-state index contributed by atoms with van der Waals surface area (Å²) in [5.41, 5.74) is 0.546. The second-order valence-electron chi connectivity index (χ2n) is 9.57. The summed E-state index contributed by atoms with van der Waals surface area (Å²) in [6.07, 6.45) is 10.6. The van der Waals surface area contributed by atoms with Crippen LogP contribution in [0.2, 0.25) is 0 Å². The largest absolute Gasteiger partial charge is 0.360 e. The average Bonchev–Trinajstić information content (AvgIpc) is 3.38. The zero-order chi connectivity index (χ0) is 19.7. The Hall–Kier alpha value is -1.85. The lowest BCUT2D eigenvalue weighted by Gasteiger charge is -2.41. The van der Waals surface area contributed by atoms with Gasteiger partial charge in [-0.2, -0.15) is 0 Å². The summed E-state index contributed by atoms with van der Waals surface area (Å²) in [6.45, 7) is 5.09. The molecule has 1 saturated heterocycles. The third-order valence-corrected chi connectivity index (χ3v) is 6.91. The van der Waals surface area contributed by atoms with Gasteiger partial charge in [0.15, 0.2) is 5.69 Å². The molecule has 3 aliphatic rings. The molecule has 3 fully saturated rings. The van der Waals surface area contributed by atoms with Gasteiger partial charge in [-0.1, -0.05) is 31.3 Å². The molecule has 4 rings (SSSR count). The number of nitrogens with one attached hydrogen (secondary N) is 1. The van der Waals surface area contributed by atoms with Gasteiger partial charge >= 0.3 is 0 Å². The van der Waals surface area contributed by atoms with Crippen molar-refractivity contribution >= 4 is 11.8 Å². The third-order valence-electron chi connectivity index (χ3n) is 6.91. The molecule has 6 heteroatoms. The SMILES string of the molecule is C[C@@H]1CC(NC(=O)c2cc(C3CC3)on2)CCN1C(=O)CC1(C)CCCCC1. The van der Waals surface area contributed by atoms with Crippen molar-refractivity contribution < 1.29 is 14.1 Å². The Morgan fingerprint density at radius 2 is 2.00 bits per heavy atom. The van der Waals surface area contributed by atoms with E-state index in [9.17, 15) is 9.59 Å². The van der Waals surface area contributed by atoms with Crippen molar-refractivity contribution in [2.45, 2.75) is 96.1 Å². The first-order chi connectivity index (χ1) is 13.4. The van der Waals surface area contributed by atoms with Crippen molar-refractivity contribution in [2.75, 3.05) is 6.54 Å². The van der Waals surface area contributed by atoms with Crippen molar-refractivity contribution in [3.8, 4) is 0 Å². The maximum Gasteiger partial charge on any atom is 0.273 e. The number of rotatable bonds is 5. The van der Waals surface area contributed by atoms with Gasteiger partial charge in [0, 0.05) is 37.0 Å². The second-order valence-corrected chi connectivity index (χ2v) is 9.57. The summed E-state index contributed by atoms with van der Waals surface area (Å²) in [7, 11) is 0.